The summed E-state index contributed by atoms with van der Waals surface area (Å²) in [7, 11) is -6.20. The van der Waals surface area contributed by atoms with Crippen LogP contribution in [0.3, 0.4) is 0 Å². The van der Waals surface area contributed by atoms with Gasteiger partial charge in [0.05, 0.1) is 8.07 Å². The van der Waals surface area contributed by atoms with Crippen molar-refractivity contribution in [3.8, 4) is 0 Å². The zero-order valence-electron chi connectivity index (χ0n) is 12.3. The molecule has 9 heteroatoms. The molecular weight excluding hydrogens is 332 g/mol. The van der Waals surface area contributed by atoms with Crippen LogP contribution in [-0.2, 0) is 0 Å². The smallest absolute Gasteiger partial charge is 0.842 e. The fourth-order valence-corrected chi connectivity index (χ4v) is 9.24. The van der Waals surface area contributed by atoms with Crippen LogP contribution in [0.15, 0.2) is 30.3 Å². The Labute approximate surface area is 168 Å². The predicted octanol–water partition coefficient (Wildman–Crippen LogP) is -5.69. The third kappa shape index (κ3) is 9.31. The number of rotatable bonds is 7. The molecular formula is C11H18Na2O4P2Si. The summed E-state index contributed by atoms with van der Waals surface area (Å²) in [4.78, 5) is 39.7. The first-order chi connectivity index (χ1) is 8.44. The molecule has 102 valence electrons. The van der Waals surface area contributed by atoms with Crippen LogP contribution >= 0.6 is 16.8 Å². The van der Waals surface area contributed by atoms with Gasteiger partial charge >= 0.3 is 59.1 Å². The second-order valence-electron chi connectivity index (χ2n) is 4.58. The monoisotopic (exact) mass is 350 g/mol. The SMILES string of the molecule is C[Si](CCP([O-])[O-])(CCP(O)O)c1ccccc1.[Na+].[Na+]. The van der Waals surface area contributed by atoms with Gasteiger partial charge in [0.25, 0.3) is 0 Å². The molecule has 0 aliphatic carbocycles. The molecule has 2 N–H and O–H groups in total. The van der Waals surface area contributed by atoms with E-state index in [4.69, 9.17) is 9.79 Å². The molecule has 1 aromatic carbocycles. The van der Waals surface area contributed by atoms with E-state index in [1.807, 2.05) is 30.3 Å². The van der Waals surface area contributed by atoms with Gasteiger partial charge in [-0.1, -0.05) is 54.3 Å². The minimum absolute atomic E-state index is 0. The molecule has 4 nitrogen and oxygen atoms in total. The Kier molecular flexibility index (Phi) is 15.3. The molecule has 0 aliphatic rings. The molecule has 0 bridgehead atoms. The van der Waals surface area contributed by atoms with Crippen molar-refractivity contribution in [1.29, 1.82) is 0 Å². The fourth-order valence-electron chi connectivity index (χ4n) is 1.94. The summed E-state index contributed by atoms with van der Waals surface area (Å²) in [5.41, 5.74) is 0. The van der Waals surface area contributed by atoms with Crippen LogP contribution in [0.2, 0.25) is 18.6 Å². The second kappa shape index (κ2) is 12.5. The Morgan fingerprint density at radius 1 is 1.00 bits per heavy atom. The van der Waals surface area contributed by atoms with E-state index < -0.39 is 24.8 Å². The van der Waals surface area contributed by atoms with Crippen molar-refractivity contribution in [2.75, 3.05) is 12.3 Å². The van der Waals surface area contributed by atoms with Crippen LogP contribution in [0.4, 0.5) is 0 Å². The Morgan fingerprint density at radius 2 is 1.50 bits per heavy atom. The summed E-state index contributed by atoms with van der Waals surface area (Å²) >= 11 is 0. The van der Waals surface area contributed by atoms with Crippen molar-refractivity contribution in [3.05, 3.63) is 30.3 Å². The van der Waals surface area contributed by atoms with E-state index in [1.165, 1.54) is 5.19 Å². The van der Waals surface area contributed by atoms with Gasteiger partial charge in [0.2, 0.25) is 0 Å². The van der Waals surface area contributed by atoms with Gasteiger partial charge in [0, 0.05) is 6.16 Å². The van der Waals surface area contributed by atoms with Gasteiger partial charge in [-0.25, -0.2) is 0 Å². The molecule has 20 heavy (non-hydrogen) atoms. The van der Waals surface area contributed by atoms with Crippen LogP contribution in [0.25, 0.3) is 0 Å². The normalized spacial score (nSPS) is 13.6. The first kappa shape index (κ1) is 24.4. The van der Waals surface area contributed by atoms with E-state index in [1.54, 1.807) is 0 Å². The van der Waals surface area contributed by atoms with E-state index >= 15 is 0 Å². The standard InChI is InChI=1S/C11H18O4P2Si.2Na/c1-18(9-7-16(12)13,10-8-17(14)15)11-5-3-2-4-6-11;;/h2-6,12-13H,7-10H2,1H3;;/q-2;2*+1. The van der Waals surface area contributed by atoms with Gasteiger partial charge in [-0.05, 0) is 6.04 Å². The van der Waals surface area contributed by atoms with Crippen molar-refractivity contribution in [3.63, 3.8) is 0 Å². The van der Waals surface area contributed by atoms with E-state index in [-0.39, 0.29) is 65.3 Å². The van der Waals surface area contributed by atoms with Crippen LogP contribution < -0.4 is 74.1 Å². The molecule has 0 amide bonds. The van der Waals surface area contributed by atoms with Crippen LogP contribution in [0.5, 0.6) is 0 Å². The fraction of sp³-hybridized carbons (Fsp3) is 0.455. The minimum Gasteiger partial charge on any atom is -0.842 e. The Morgan fingerprint density at radius 3 is 1.95 bits per heavy atom. The minimum atomic E-state index is -2.37. The molecule has 1 aromatic rings. The van der Waals surface area contributed by atoms with Crippen LogP contribution in [0, 0.1) is 0 Å². The molecule has 1 rings (SSSR count). The molecule has 1 atom stereocenters. The molecule has 0 radical (unpaired) electrons. The first-order valence-corrected chi connectivity index (χ1v) is 11.5. The van der Waals surface area contributed by atoms with E-state index in [9.17, 15) is 9.79 Å². The summed E-state index contributed by atoms with van der Waals surface area (Å²) in [5.74, 6) is 0. The van der Waals surface area contributed by atoms with Crippen LogP contribution in [-0.4, -0.2) is 30.2 Å². The van der Waals surface area contributed by atoms with Gasteiger partial charge in [-0.3, -0.25) is 0 Å². The molecule has 1 unspecified atom stereocenters. The molecule has 0 aliphatic heterocycles. The van der Waals surface area contributed by atoms with E-state index in [2.05, 4.69) is 6.55 Å². The van der Waals surface area contributed by atoms with Crippen molar-refractivity contribution in [1.82, 2.24) is 0 Å². The molecule has 0 aromatic heterocycles. The molecule has 0 spiro atoms. The Hall–Kier alpha value is 2.14. The maximum Gasteiger partial charge on any atom is 1.00 e. The zero-order valence-corrected chi connectivity index (χ0v) is 19.1. The number of hydrogen-bond donors (Lipinski definition) is 2. The third-order valence-electron chi connectivity index (χ3n) is 3.18. The van der Waals surface area contributed by atoms with Crippen molar-refractivity contribution >= 4 is 30.0 Å². The van der Waals surface area contributed by atoms with E-state index in [0.717, 1.165) is 0 Å². The summed E-state index contributed by atoms with van der Waals surface area (Å²) in [6.45, 7) is 2.11. The average Bonchev–Trinajstić information content (AvgIpc) is 2.35. The summed E-state index contributed by atoms with van der Waals surface area (Å²) in [5, 5.41) is 1.18. The molecule has 0 saturated heterocycles. The molecule has 0 heterocycles. The Balaban J connectivity index is 0. The number of hydrogen-bond acceptors (Lipinski definition) is 4. The number of benzene rings is 1. The van der Waals surface area contributed by atoms with Gasteiger partial charge in [-0.2, -0.15) is 0 Å². The van der Waals surface area contributed by atoms with Gasteiger partial charge in [0.1, 0.15) is 0 Å². The zero-order chi connectivity index (χ0) is 13.6. The van der Waals surface area contributed by atoms with Gasteiger partial charge in [-0.15, -0.1) is 0 Å². The topological polar surface area (TPSA) is 86.6 Å². The average molecular weight is 350 g/mol. The maximum atomic E-state index is 10.8. The van der Waals surface area contributed by atoms with Gasteiger partial charge < -0.3 is 27.9 Å². The quantitative estimate of drug-likeness (QED) is 0.379. The summed E-state index contributed by atoms with van der Waals surface area (Å²) in [6.07, 6.45) is 0.546. The maximum absolute atomic E-state index is 10.8. The van der Waals surface area contributed by atoms with Crippen molar-refractivity contribution in [2.24, 2.45) is 0 Å². The van der Waals surface area contributed by atoms with Crippen LogP contribution in [0.1, 0.15) is 0 Å². The predicted molar refractivity (Wildman–Crippen MR) is 75.3 cm³/mol. The second-order valence-corrected chi connectivity index (χ2v) is 11.6. The van der Waals surface area contributed by atoms with Crippen molar-refractivity contribution in [2.45, 2.75) is 18.6 Å². The Bertz CT molecular complexity index is 346. The summed E-state index contributed by atoms with van der Waals surface area (Å²) in [6, 6.07) is 11.2. The molecule has 0 fully saturated rings. The largest absolute Gasteiger partial charge is 1.00 e. The molecule has 0 saturated carbocycles. The summed E-state index contributed by atoms with van der Waals surface area (Å²) < 4.78 is 0. The third-order valence-corrected chi connectivity index (χ3v) is 9.67. The van der Waals surface area contributed by atoms with Gasteiger partial charge in [0.15, 0.2) is 8.38 Å². The van der Waals surface area contributed by atoms with Crippen molar-refractivity contribution < 1.29 is 78.7 Å². The first-order valence-electron chi connectivity index (χ1n) is 5.77. The van der Waals surface area contributed by atoms with E-state index in [0.29, 0.717) is 18.3 Å².